The second kappa shape index (κ2) is 5.35. The first-order chi connectivity index (χ1) is 9.28. The van der Waals surface area contributed by atoms with Crippen LogP contribution in [0.3, 0.4) is 0 Å². The van der Waals surface area contributed by atoms with Gasteiger partial charge in [0, 0.05) is 18.2 Å². The molecule has 1 heterocycles. The van der Waals surface area contributed by atoms with Crippen LogP contribution in [0.4, 0.5) is 0 Å². The molecular formula is C14H17N3OS. The fraction of sp³-hybridized carbons (Fsp3) is 0.429. The molecule has 2 unspecified atom stereocenters. The average Bonchev–Trinajstić information content (AvgIpc) is 2.84. The summed E-state index contributed by atoms with van der Waals surface area (Å²) in [6.07, 6.45) is 2.23. The van der Waals surface area contributed by atoms with E-state index in [1.807, 2.05) is 14.0 Å². The van der Waals surface area contributed by atoms with Gasteiger partial charge >= 0.3 is 0 Å². The maximum atomic E-state index is 5.48. The van der Waals surface area contributed by atoms with Crippen molar-refractivity contribution in [1.82, 2.24) is 15.5 Å². The van der Waals surface area contributed by atoms with Crippen molar-refractivity contribution >= 4 is 11.8 Å². The van der Waals surface area contributed by atoms with Crippen LogP contribution in [0.25, 0.3) is 0 Å². The van der Waals surface area contributed by atoms with Crippen LogP contribution in [-0.4, -0.2) is 22.5 Å². The lowest BCUT2D eigenvalue weighted by Gasteiger charge is -2.32. The van der Waals surface area contributed by atoms with Gasteiger partial charge in [-0.2, -0.15) is 0 Å². The molecule has 5 heteroatoms. The Hall–Kier alpha value is -1.33. The summed E-state index contributed by atoms with van der Waals surface area (Å²) in [4.78, 5) is 0. The molecule has 0 amide bonds. The van der Waals surface area contributed by atoms with Gasteiger partial charge in [0.05, 0.1) is 0 Å². The number of hydrogen-bond donors (Lipinski definition) is 1. The van der Waals surface area contributed by atoms with E-state index in [0.29, 0.717) is 22.4 Å². The molecule has 2 aromatic rings. The molecule has 3 rings (SSSR count). The Bertz CT molecular complexity index is 569. The Morgan fingerprint density at radius 3 is 2.89 bits per heavy atom. The minimum atomic E-state index is 0.335. The molecular weight excluding hydrogens is 258 g/mol. The van der Waals surface area contributed by atoms with E-state index in [0.717, 1.165) is 12.8 Å². The highest BCUT2D eigenvalue weighted by Gasteiger charge is 2.30. The number of rotatable bonds is 3. The second-order valence-electron chi connectivity index (χ2n) is 4.75. The zero-order chi connectivity index (χ0) is 13.2. The first-order valence-electron chi connectivity index (χ1n) is 6.50. The van der Waals surface area contributed by atoms with Gasteiger partial charge in [-0.25, -0.2) is 0 Å². The lowest BCUT2D eigenvalue weighted by molar-refractivity contribution is 0.424. The molecule has 19 heavy (non-hydrogen) atoms. The fourth-order valence-electron chi connectivity index (χ4n) is 2.65. The van der Waals surface area contributed by atoms with Crippen molar-refractivity contribution in [1.29, 1.82) is 0 Å². The number of nitrogens with zero attached hydrogens (tertiary/aromatic N) is 2. The summed E-state index contributed by atoms with van der Waals surface area (Å²) in [5.74, 6) is 0.625. The highest BCUT2D eigenvalue weighted by molar-refractivity contribution is 7.99. The molecule has 0 spiro atoms. The smallest absolute Gasteiger partial charge is 0.276 e. The third kappa shape index (κ3) is 2.53. The van der Waals surface area contributed by atoms with E-state index in [-0.39, 0.29) is 0 Å². The van der Waals surface area contributed by atoms with Gasteiger partial charge in [0.1, 0.15) is 0 Å². The van der Waals surface area contributed by atoms with Crippen LogP contribution in [0, 0.1) is 6.92 Å². The highest BCUT2D eigenvalue weighted by Crippen LogP contribution is 2.39. The van der Waals surface area contributed by atoms with E-state index in [1.54, 1.807) is 11.8 Å². The summed E-state index contributed by atoms with van der Waals surface area (Å²) in [6.45, 7) is 1.82. The lowest BCUT2D eigenvalue weighted by Crippen LogP contribution is -2.32. The van der Waals surface area contributed by atoms with Gasteiger partial charge < -0.3 is 9.73 Å². The first-order valence-corrected chi connectivity index (χ1v) is 7.37. The summed E-state index contributed by atoms with van der Waals surface area (Å²) in [5, 5.41) is 12.5. The second-order valence-corrected chi connectivity index (χ2v) is 5.94. The van der Waals surface area contributed by atoms with Crippen molar-refractivity contribution in [2.75, 3.05) is 7.05 Å². The Morgan fingerprint density at radius 1 is 1.32 bits per heavy atom. The number of aryl methyl sites for hydroxylation is 2. The number of nitrogens with one attached hydrogen (secondary N) is 1. The summed E-state index contributed by atoms with van der Waals surface area (Å²) in [6, 6.07) is 8.98. The van der Waals surface area contributed by atoms with Crippen LogP contribution in [0.1, 0.15) is 29.5 Å². The van der Waals surface area contributed by atoms with E-state index in [1.165, 1.54) is 11.1 Å². The van der Waals surface area contributed by atoms with E-state index in [9.17, 15) is 0 Å². The van der Waals surface area contributed by atoms with Crippen LogP contribution < -0.4 is 5.32 Å². The molecule has 0 fully saturated rings. The molecule has 100 valence electrons. The zero-order valence-electron chi connectivity index (χ0n) is 11.1. The number of aromatic nitrogens is 2. The topological polar surface area (TPSA) is 51.0 Å². The molecule has 0 saturated heterocycles. The van der Waals surface area contributed by atoms with Crippen LogP contribution in [0.2, 0.25) is 0 Å². The minimum Gasteiger partial charge on any atom is -0.416 e. The minimum absolute atomic E-state index is 0.335. The van der Waals surface area contributed by atoms with E-state index in [2.05, 4.69) is 39.8 Å². The highest BCUT2D eigenvalue weighted by atomic mass is 32.2. The standard InChI is InChI=1S/C14H17N3OS/c1-9-16-17-14(18-9)19-12-8-7-10-5-3-4-6-11(10)13(12)15-2/h3-6,12-13,15H,7-8H2,1-2H3. The van der Waals surface area contributed by atoms with Crippen LogP contribution >= 0.6 is 11.8 Å². The van der Waals surface area contributed by atoms with Crippen LogP contribution in [-0.2, 0) is 6.42 Å². The fourth-order valence-corrected chi connectivity index (χ4v) is 3.82. The van der Waals surface area contributed by atoms with Crippen molar-refractivity contribution in [2.24, 2.45) is 0 Å². The summed E-state index contributed by atoms with van der Waals surface area (Å²) < 4.78 is 5.48. The van der Waals surface area contributed by atoms with Gasteiger partial charge in [-0.1, -0.05) is 36.0 Å². The first kappa shape index (κ1) is 12.7. The van der Waals surface area contributed by atoms with Gasteiger partial charge in [0.15, 0.2) is 0 Å². The normalized spacial score (nSPS) is 22.2. The largest absolute Gasteiger partial charge is 0.416 e. The van der Waals surface area contributed by atoms with Crippen molar-refractivity contribution in [3.63, 3.8) is 0 Å². The number of fused-ring (bicyclic) bond motifs is 1. The van der Waals surface area contributed by atoms with Crippen molar-refractivity contribution in [2.45, 2.75) is 36.3 Å². The maximum absolute atomic E-state index is 5.48. The summed E-state index contributed by atoms with van der Waals surface area (Å²) in [7, 11) is 2.01. The Morgan fingerprint density at radius 2 is 2.16 bits per heavy atom. The molecule has 0 saturated carbocycles. The number of hydrogen-bond acceptors (Lipinski definition) is 5. The molecule has 1 aromatic carbocycles. The molecule has 0 aliphatic heterocycles. The van der Waals surface area contributed by atoms with Crippen molar-refractivity contribution in [3.8, 4) is 0 Å². The number of benzene rings is 1. The third-order valence-corrected chi connectivity index (χ3v) is 4.71. The van der Waals surface area contributed by atoms with Gasteiger partial charge in [-0.3, -0.25) is 0 Å². The van der Waals surface area contributed by atoms with Crippen molar-refractivity contribution in [3.05, 3.63) is 41.3 Å². The Labute approximate surface area is 117 Å². The van der Waals surface area contributed by atoms with Gasteiger partial charge in [-0.05, 0) is 31.0 Å². The quantitative estimate of drug-likeness (QED) is 0.933. The van der Waals surface area contributed by atoms with Crippen LogP contribution in [0.5, 0.6) is 0 Å². The molecule has 1 N–H and O–H groups in total. The summed E-state index contributed by atoms with van der Waals surface area (Å²) >= 11 is 1.68. The third-order valence-electron chi connectivity index (χ3n) is 3.53. The van der Waals surface area contributed by atoms with Crippen LogP contribution in [0.15, 0.2) is 33.9 Å². The molecule has 4 nitrogen and oxygen atoms in total. The molecule has 0 radical (unpaired) electrons. The Balaban J connectivity index is 1.84. The van der Waals surface area contributed by atoms with Gasteiger partial charge in [-0.15, -0.1) is 10.2 Å². The van der Waals surface area contributed by atoms with E-state index in [4.69, 9.17) is 4.42 Å². The predicted octanol–water partition coefficient (Wildman–Crippen LogP) is 2.75. The van der Waals surface area contributed by atoms with Gasteiger partial charge in [0.2, 0.25) is 5.89 Å². The Kier molecular flexibility index (Phi) is 3.57. The SMILES string of the molecule is CNC1c2ccccc2CCC1Sc1nnc(C)o1. The summed E-state index contributed by atoms with van der Waals surface area (Å²) in [5.41, 5.74) is 2.84. The number of thioether (sulfide) groups is 1. The van der Waals surface area contributed by atoms with E-state index >= 15 is 0 Å². The van der Waals surface area contributed by atoms with E-state index < -0.39 is 0 Å². The predicted molar refractivity (Wildman–Crippen MR) is 75.2 cm³/mol. The average molecular weight is 275 g/mol. The molecule has 1 aliphatic rings. The zero-order valence-corrected chi connectivity index (χ0v) is 11.9. The lowest BCUT2D eigenvalue weighted by atomic mass is 9.87. The molecule has 0 bridgehead atoms. The molecule has 2 atom stereocenters. The van der Waals surface area contributed by atoms with Crippen molar-refractivity contribution < 1.29 is 4.42 Å². The molecule has 1 aromatic heterocycles. The molecule has 1 aliphatic carbocycles. The monoisotopic (exact) mass is 275 g/mol. The maximum Gasteiger partial charge on any atom is 0.276 e. The van der Waals surface area contributed by atoms with Gasteiger partial charge in [0.25, 0.3) is 5.22 Å².